The van der Waals surface area contributed by atoms with Crippen molar-refractivity contribution in [3.63, 3.8) is 0 Å². The number of nitrogens with one attached hydrogen (secondary N) is 1. The summed E-state index contributed by atoms with van der Waals surface area (Å²) < 4.78 is 18.1. The number of rotatable bonds is 5. The highest BCUT2D eigenvalue weighted by Crippen LogP contribution is 2.20. The summed E-state index contributed by atoms with van der Waals surface area (Å²) in [6.45, 7) is 0.288. The maximum atomic E-state index is 12.9. The lowest BCUT2D eigenvalue weighted by Crippen LogP contribution is -2.24. The van der Waals surface area contributed by atoms with Gasteiger partial charge >= 0.3 is 0 Å². The molecular formula is C18H15FN2O2. The maximum Gasteiger partial charge on any atom is 0.224 e. The first-order valence-corrected chi connectivity index (χ1v) is 7.23. The zero-order chi connectivity index (χ0) is 16.1. The lowest BCUT2D eigenvalue weighted by molar-refractivity contribution is -0.120. The van der Waals surface area contributed by atoms with Gasteiger partial charge in [-0.3, -0.25) is 4.79 Å². The van der Waals surface area contributed by atoms with Gasteiger partial charge in [-0.15, -0.1) is 0 Å². The van der Waals surface area contributed by atoms with Crippen molar-refractivity contribution in [2.24, 2.45) is 0 Å². The normalized spacial score (nSPS) is 10.5. The molecule has 3 rings (SSSR count). The third-order valence-corrected chi connectivity index (χ3v) is 3.36. The molecule has 0 atom stereocenters. The molecule has 0 unspecified atom stereocenters. The summed E-state index contributed by atoms with van der Waals surface area (Å²) >= 11 is 0. The highest BCUT2D eigenvalue weighted by molar-refractivity contribution is 5.78. The Morgan fingerprint density at radius 3 is 2.57 bits per heavy atom. The highest BCUT2D eigenvalue weighted by Gasteiger charge is 2.09. The van der Waals surface area contributed by atoms with E-state index in [-0.39, 0.29) is 18.3 Å². The minimum absolute atomic E-state index is 0.0810. The number of benzene rings is 2. The first-order valence-electron chi connectivity index (χ1n) is 7.23. The number of halogens is 1. The predicted molar refractivity (Wildman–Crippen MR) is 83.9 cm³/mol. The van der Waals surface area contributed by atoms with Crippen LogP contribution in [0, 0.1) is 5.82 Å². The lowest BCUT2D eigenvalue weighted by atomic mass is 10.1. The Bertz CT molecular complexity index is 782. The van der Waals surface area contributed by atoms with Crippen LogP contribution in [0.1, 0.15) is 11.3 Å². The molecule has 1 aromatic heterocycles. The predicted octanol–water partition coefficient (Wildman–Crippen LogP) is 3.34. The molecule has 0 spiro atoms. The number of aromatic nitrogens is 1. The molecule has 1 N–H and O–H groups in total. The van der Waals surface area contributed by atoms with Crippen LogP contribution in [0.15, 0.2) is 65.2 Å². The van der Waals surface area contributed by atoms with Gasteiger partial charge in [-0.2, -0.15) is 0 Å². The Balaban J connectivity index is 1.57. The zero-order valence-electron chi connectivity index (χ0n) is 12.3. The van der Waals surface area contributed by atoms with Gasteiger partial charge in [-0.25, -0.2) is 4.39 Å². The molecule has 0 fully saturated rings. The second-order valence-electron chi connectivity index (χ2n) is 5.13. The molecule has 1 heterocycles. The SMILES string of the molecule is O=C(Cc1ccccc1)NCc1cc(-c2ccc(F)cc2)on1. The van der Waals surface area contributed by atoms with Gasteiger partial charge in [0, 0.05) is 11.6 Å². The number of amides is 1. The van der Waals surface area contributed by atoms with E-state index in [4.69, 9.17) is 4.52 Å². The van der Waals surface area contributed by atoms with Gasteiger partial charge in [0.2, 0.25) is 5.91 Å². The Kier molecular flexibility index (Phi) is 4.47. The van der Waals surface area contributed by atoms with Gasteiger partial charge in [0.25, 0.3) is 0 Å². The molecule has 4 nitrogen and oxygen atoms in total. The average molecular weight is 310 g/mol. The Hall–Kier alpha value is -2.95. The summed E-state index contributed by atoms with van der Waals surface area (Å²) in [5, 5.41) is 6.71. The molecule has 0 aliphatic carbocycles. The van der Waals surface area contributed by atoms with Gasteiger partial charge < -0.3 is 9.84 Å². The minimum Gasteiger partial charge on any atom is -0.356 e. The first-order chi connectivity index (χ1) is 11.2. The third kappa shape index (κ3) is 4.03. The van der Waals surface area contributed by atoms with Crippen LogP contribution in [0.5, 0.6) is 0 Å². The standard InChI is InChI=1S/C18H15FN2O2/c19-15-8-6-14(7-9-15)17-11-16(21-23-17)12-20-18(22)10-13-4-2-1-3-5-13/h1-9,11H,10,12H2,(H,20,22). The second kappa shape index (κ2) is 6.87. The minimum atomic E-state index is -0.304. The Morgan fingerprint density at radius 1 is 1.09 bits per heavy atom. The van der Waals surface area contributed by atoms with Gasteiger partial charge in [-0.05, 0) is 29.8 Å². The lowest BCUT2D eigenvalue weighted by Gasteiger charge is -2.02. The highest BCUT2D eigenvalue weighted by atomic mass is 19.1. The Morgan fingerprint density at radius 2 is 1.83 bits per heavy atom. The van der Waals surface area contributed by atoms with Crippen LogP contribution in [0.2, 0.25) is 0 Å². The number of hydrogen-bond donors (Lipinski definition) is 1. The van der Waals surface area contributed by atoms with E-state index < -0.39 is 0 Å². The summed E-state index contributed by atoms with van der Waals surface area (Å²) in [5.41, 5.74) is 2.31. The smallest absolute Gasteiger partial charge is 0.224 e. The van der Waals surface area contributed by atoms with Crippen LogP contribution in [-0.4, -0.2) is 11.1 Å². The molecule has 0 saturated carbocycles. The van der Waals surface area contributed by atoms with Crippen LogP contribution in [0.25, 0.3) is 11.3 Å². The molecule has 3 aromatic rings. The van der Waals surface area contributed by atoms with Crippen LogP contribution in [0.3, 0.4) is 0 Å². The number of nitrogens with zero attached hydrogens (tertiary/aromatic N) is 1. The molecule has 5 heteroatoms. The number of hydrogen-bond acceptors (Lipinski definition) is 3. The van der Waals surface area contributed by atoms with Gasteiger partial charge in [-0.1, -0.05) is 35.5 Å². The van der Waals surface area contributed by atoms with Gasteiger partial charge in [0.15, 0.2) is 5.76 Å². The van der Waals surface area contributed by atoms with Crippen LogP contribution < -0.4 is 5.32 Å². The van der Waals surface area contributed by atoms with E-state index in [0.29, 0.717) is 17.9 Å². The van der Waals surface area contributed by atoms with E-state index in [0.717, 1.165) is 11.1 Å². The van der Waals surface area contributed by atoms with Gasteiger partial charge in [0.1, 0.15) is 11.5 Å². The van der Waals surface area contributed by atoms with E-state index in [2.05, 4.69) is 10.5 Å². The van der Waals surface area contributed by atoms with E-state index in [1.54, 1.807) is 18.2 Å². The fraction of sp³-hybridized carbons (Fsp3) is 0.111. The van der Waals surface area contributed by atoms with Crippen molar-refractivity contribution in [3.8, 4) is 11.3 Å². The molecule has 116 valence electrons. The van der Waals surface area contributed by atoms with Crippen LogP contribution >= 0.6 is 0 Å². The molecule has 23 heavy (non-hydrogen) atoms. The molecule has 0 aliphatic heterocycles. The molecule has 0 aliphatic rings. The maximum absolute atomic E-state index is 12.9. The fourth-order valence-electron chi connectivity index (χ4n) is 2.18. The summed E-state index contributed by atoms with van der Waals surface area (Å²) in [6, 6.07) is 17.2. The van der Waals surface area contributed by atoms with E-state index in [9.17, 15) is 9.18 Å². The summed E-state index contributed by atoms with van der Waals surface area (Å²) in [5.74, 6) is 0.154. The van der Waals surface area contributed by atoms with Crippen molar-refractivity contribution in [1.29, 1.82) is 0 Å². The molecule has 0 radical (unpaired) electrons. The fourth-order valence-corrected chi connectivity index (χ4v) is 2.18. The topological polar surface area (TPSA) is 55.1 Å². The largest absolute Gasteiger partial charge is 0.356 e. The second-order valence-corrected chi connectivity index (χ2v) is 5.13. The van der Waals surface area contributed by atoms with Crippen molar-refractivity contribution in [2.45, 2.75) is 13.0 Å². The molecule has 0 saturated heterocycles. The summed E-state index contributed by atoms with van der Waals surface area (Å²) in [4.78, 5) is 11.9. The number of carbonyl (C=O) groups is 1. The van der Waals surface area contributed by atoms with Crippen molar-refractivity contribution >= 4 is 5.91 Å². The van der Waals surface area contributed by atoms with Crippen molar-refractivity contribution in [2.75, 3.05) is 0 Å². The molecular weight excluding hydrogens is 295 g/mol. The van der Waals surface area contributed by atoms with Crippen molar-refractivity contribution in [1.82, 2.24) is 10.5 Å². The van der Waals surface area contributed by atoms with E-state index in [1.807, 2.05) is 30.3 Å². The van der Waals surface area contributed by atoms with Crippen molar-refractivity contribution in [3.05, 3.63) is 77.7 Å². The quantitative estimate of drug-likeness (QED) is 0.786. The van der Waals surface area contributed by atoms with E-state index in [1.165, 1.54) is 12.1 Å². The van der Waals surface area contributed by atoms with Crippen LogP contribution in [-0.2, 0) is 17.8 Å². The summed E-state index contributed by atoms with van der Waals surface area (Å²) in [6.07, 6.45) is 0.323. The van der Waals surface area contributed by atoms with E-state index >= 15 is 0 Å². The van der Waals surface area contributed by atoms with Crippen LogP contribution in [0.4, 0.5) is 4.39 Å². The zero-order valence-corrected chi connectivity index (χ0v) is 12.3. The summed E-state index contributed by atoms with van der Waals surface area (Å²) in [7, 11) is 0. The first kappa shape index (κ1) is 15.0. The average Bonchev–Trinajstić information content (AvgIpc) is 3.04. The third-order valence-electron chi connectivity index (χ3n) is 3.36. The molecule has 0 bridgehead atoms. The molecule has 2 aromatic carbocycles. The molecule has 1 amide bonds. The van der Waals surface area contributed by atoms with Crippen molar-refractivity contribution < 1.29 is 13.7 Å². The Labute approximate surface area is 132 Å². The monoisotopic (exact) mass is 310 g/mol. The number of carbonyl (C=O) groups excluding carboxylic acids is 1. The van der Waals surface area contributed by atoms with Gasteiger partial charge in [0.05, 0.1) is 13.0 Å².